The molecule has 0 atom stereocenters. The van der Waals surface area contributed by atoms with Gasteiger partial charge in [-0.05, 0) is 44.9 Å². The number of aliphatic hydroxyl groups is 1. The molecule has 2 aromatic heterocycles. The van der Waals surface area contributed by atoms with E-state index in [-0.39, 0.29) is 23.3 Å². The molecule has 0 bridgehead atoms. The number of anilines is 3. The summed E-state index contributed by atoms with van der Waals surface area (Å²) in [5.41, 5.74) is 1.46. The molecule has 0 radical (unpaired) electrons. The number of ether oxygens (including phenoxy) is 1. The molecule has 1 aliphatic rings. The van der Waals surface area contributed by atoms with Crippen LogP contribution in [0.4, 0.5) is 17.2 Å². The predicted molar refractivity (Wildman–Crippen MR) is 131 cm³/mol. The zero-order valence-corrected chi connectivity index (χ0v) is 20.1. The van der Waals surface area contributed by atoms with Crippen molar-refractivity contribution in [3.05, 3.63) is 42.2 Å². The molecule has 184 valence electrons. The molecule has 35 heavy (non-hydrogen) atoms. The first-order chi connectivity index (χ1) is 16.7. The molecule has 2 amide bonds. The number of para-hydroxylation sites is 1. The Hall–Kier alpha value is -3.99. The van der Waals surface area contributed by atoms with Gasteiger partial charge >= 0.3 is 0 Å². The quantitative estimate of drug-likeness (QED) is 0.367. The highest BCUT2D eigenvalue weighted by Crippen LogP contribution is 2.38. The van der Waals surface area contributed by atoms with Gasteiger partial charge < -0.3 is 25.8 Å². The molecule has 0 aliphatic heterocycles. The standard InChI is InChI=1S/C24H29N7O4/c1-24(2,34)13-31-11-10-16(30-31)15-6-5-7-17(21(15)35-4)26-18-12-19(27-22(32)14-8-9-14)28-29-20(18)23(33)25-3/h5-7,10-12,14,34H,8-9,13H2,1-4H3,(H,25,33)(H2,26,27,28,32). The summed E-state index contributed by atoms with van der Waals surface area (Å²) < 4.78 is 7.37. The normalized spacial score (nSPS) is 13.3. The minimum absolute atomic E-state index is 0.000170. The van der Waals surface area contributed by atoms with Gasteiger partial charge in [-0.15, -0.1) is 10.2 Å². The van der Waals surface area contributed by atoms with Crippen LogP contribution < -0.4 is 20.7 Å². The maximum atomic E-state index is 12.4. The lowest BCUT2D eigenvalue weighted by Crippen LogP contribution is -2.26. The Morgan fingerprint density at radius 2 is 1.97 bits per heavy atom. The van der Waals surface area contributed by atoms with Crippen LogP contribution in [0.25, 0.3) is 11.3 Å². The molecule has 2 heterocycles. The number of hydrogen-bond donors (Lipinski definition) is 4. The van der Waals surface area contributed by atoms with E-state index in [1.165, 1.54) is 7.05 Å². The monoisotopic (exact) mass is 479 g/mol. The highest BCUT2D eigenvalue weighted by Gasteiger charge is 2.30. The Bertz CT molecular complexity index is 1240. The highest BCUT2D eigenvalue weighted by molar-refractivity contribution is 6.00. The van der Waals surface area contributed by atoms with Gasteiger partial charge in [-0.2, -0.15) is 5.10 Å². The fourth-order valence-corrected chi connectivity index (χ4v) is 3.60. The van der Waals surface area contributed by atoms with Gasteiger partial charge in [-0.3, -0.25) is 14.3 Å². The number of benzene rings is 1. The maximum Gasteiger partial charge on any atom is 0.273 e. The third-order valence-electron chi connectivity index (χ3n) is 5.39. The summed E-state index contributed by atoms with van der Waals surface area (Å²) in [5, 5.41) is 31.2. The molecule has 1 aliphatic carbocycles. The minimum Gasteiger partial charge on any atom is -0.494 e. The van der Waals surface area contributed by atoms with Crippen LogP contribution in [-0.2, 0) is 11.3 Å². The van der Waals surface area contributed by atoms with Crippen molar-refractivity contribution in [1.29, 1.82) is 0 Å². The summed E-state index contributed by atoms with van der Waals surface area (Å²) in [5.74, 6) is 0.210. The van der Waals surface area contributed by atoms with E-state index in [9.17, 15) is 14.7 Å². The molecular weight excluding hydrogens is 450 g/mol. The molecule has 11 heteroatoms. The Balaban J connectivity index is 1.68. The van der Waals surface area contributed by atoms with Crippen LogP contribution in [0.15, 0.2) is 36.5 Å². The fourth-order valence-electron chi connectivity index (χ4n) is 3.60. The summed E-state index contributed by atoms with van der Waals surface area (Å²) in [4.78, 5) is 24.6. The molecule has 0 spiro atoms. The number of nitrogens with zero attached hydrogens (tertiary/aromatic N) is 4. The van der Waals surface area contributed by atoms with E-state index in [0.717, 1.165) is 18.4 Å². The van der Waals surface area contributed by atoms with E-state index in [1.54, 1.807) is 44.0 Å². The first-order valence-electron chi connectivity index (χ1n) is 11.3. The second-order valence-corrected chi connectivity index (χ2v) is 9.06. The smallest absolute Gasteiger partial charge is 0.273 e. The van der Waals surface area contributed by atoms with Gasteiger partial charge in [0.2, 0.25) is 5.91 Å². The third-order valence-corrected chi connectivity index (χ3v) is 5.39. The van der Waals surface area contributed by atoms with Gasteiger partial charge in [0.15, 0.2) is 17.3 Å². The fraction of sp³-hybridized carbons (Fsp3) is 0.375. The molecule has 4 N–H and O–H groups in total. The lowest BCUT2D eigenvalue weighted by molar-refractivity contribution is -0.117. The van der Waals surface area contributed by atoms with Gasteiger partial charge in [0, 0.05) is 30.8 Å². The minimum atomic E-state index is -0.909. The number of carbonyl (C=O) groups excluding carboxylic acids is 2. The van der Waals surface area contributed by atoms with Crippen molar-refractivity contribution < 1.29 is 19.4 Å². The maximum absolute atomic E-state index is 12.4. The average Bonchev–Trinajstić information content (AvgIpc) is 3.57. The van der Waals surface area contributed by atoms with Crippen LogP contribution in [0.1, 0.15) is 37.2 Å². The van der Waals surface area contributed by atoms with Crippen LogP contribution in [0.5, 0.6) is 5.75 Å². The average molecular weight is 480 g/mol. The zero-order chi connectivity index (χ0) is 25.2. The number of rotatable bonds is 9. The number of aromatic nitrogens is 4. The summed E-state index contributed by atoms with van der Waals surface area (Å²) in [6.07, 6.45) is 3.50. The molecule has 3 aromatic rings. The highest BCUT2D eigenvalue weighted by atomic mass is 16.5. The molecule has 11 nitrogen and oxygen atoms in total. The topological polar surface area (TPSA) is 143 Å². The van der Waals surface area contributed by atoms with Gasteiger partial charge in [0.05, 0.1) is 36.3 Å². The molecule has 1 saturated carbocycles. The van der Waals surface area contributed by atoms with E-state index in [2.05, 4.69) is 31.2 Å². The molecule has 1 fully saturated rings. The largest absolute Gasteiger partial charge is 0.494 e. The molecular formula is C24H29N7O4. The van der Waals surface area contributed by atoms with Crippen molar-refractivity contribution in [3.8, 4) is 17.0 Å². The SMILES string of the molecule is CNC(=O)c1nnc(NC(=O)C2CC2)cc1Nc1cccc(-c2ccn(CC(C)(C)O)n2)c1OC. The van der Waals surface area contributed by atoms with E-state index in [4.69, 9.17) is 4.74 Å². The summed E-state index contributed by atoms with van der Waals surface area (Å²) in [6.45, 7) is 3.77. The van der Waals surface area contributed by atoms with E-state index in [0.29, 0.717) is 29.4 Å². The first kappa shape index (κ1) is 24.1. The van der Waals surface area contributed by atoms with Crippen molar-refractivity contribution in [1.82, 2.24) is 25.3 Å². The summed E-state index contributed by atoms with van der Waals surface area (Å²) in [7, 11) is 3.05. The van der Waals surface area contributed by atoms with E-state index < -0.39 is 11.5 Å². The van der Waals surface area contributed by atoms with Crippen molar-refractivity contribution in [2.45, 2.75) is 38.8 Å². The Morgan fingerprint density at radius 3 is 2.63 bits per heavy atom. The van der Waals surface area contributed by atoms with Gasteiger partial charge in [-0.1, -0.05) is 6.07 Å². The van der Waals surface area contributed by atoms with Gasteiger partial charge in [0.1, 0.15) is 0 Å². The van der Waals surface area contributed by atoms with Crippen LogP contribution >= 0.6 is 0 Å². The number of carbonyl (C=O) groups is 2. The predicted octanol–water partition coefficient (Wildman–Crippen LogP) is 2.57. The van der Waals surface area contributed by atoms with Crippen molar-refractivity contribution >= 4 is 29.0 Å². The molecule has 4 rings (SSSR count). The van der Waals surface area contributed by atoms with Crippen molar-refractivity contribution in [2.75, 3.05) is 24.8 Å². The molecule has 0 saturated heterocycles. The van der Waals surface area contributed by atoms with Crippen LogP contribution in [-0.4, -0.2) is 56.7 Å². The van der Waals surface area contributed by atoms with Crippen molar-refractivity contribution in [3.63, 3.8) is 0 Å². The Morgan fingerprint density at radius 1 is 1.20 bits per heavy atom. The van der Waals surface area contributed by atoms with E-state index in [1.807, 2.05) is 18.2 Å². The lowest BCUT2D eigenvalue weighted by atomic mass is 10.1. The second kappa shape index (κ2) is 9.71. The molecule has 0 unspecified atom stereocenters. The molecule has 1 aromatic carbocycles. The van der Waals surface area contributed by atoms with Crippen LogP contribution in [0.3, 0.4) is 0 Å². The number of amides is 2. The van der Waals surface area contributed by atoms with Crippen LogP contribution in [0.2, 0.25) is 0 Å². The second-order valence-electron chi connectivity index (χ2n) is 9.06. The van der Waals surface area contributed by atoms with E-state index >= 15 is 0 Å². The van der Waals surface area contributed by atoms with Gasteiger partial charge in [-0.25, -0.2) is 0 Å². The number of nitrogens with one attached hydrogen (secondary N) is 3. The first-order valence-corrected chi connectivity index (χ1v) is 11.3. The number of methoxy groups -OCH3 is 1. The van der Waals surface area contributed by atoms with Crippen molar-refractivity contribution in [2.24, 2.45) is 5.92 Å². The Kier molecular flexibility index (Phi) is 6.70. The zero-order valence-electron chi connectivity index (χ0n) is 20.1. The third kappa shape index (κ3) is 5.75. The summed E-state index contributed by atoms with van der Waals surface area (Å²) >= 11 is 0. The summed E-state index contributed by atoms with van der Waals surface area (Å²) in [6, 6.07) is 8.91. The Labute approximate surface area is 202 Å². The lowest BCUT2D eigenvalue weighted by Gasteiger charge is -2.17. The number of hydrogen-bond acceptors (Lipinski definition) is 8. The van der Waals surface area contributed by atoms with Crippen LogP contribution in [0, 0.1) is 5.92 Å². The van der Waals surface area contributed by atoms with Gasteiger partial charge in [0.25, 0.3) is 5.91 Å².